The van der Waals surface area contributed by atoms with E-state index in [1.807, 2.05) is 6.92 Å². The van der Waals surface area contributed by atoms with Crippen LogP contribution >= 0.6 is 0 Å². The SMILES string of the molecule is CCOC1CC(NC(=O)c2c(C)coc2CC(=O)O)C12CCC2. The van der Waals surface area contributed by atoms with Crippen LogP contribution in [-0.2, 0) is 16.0 Å². The fourth-order valence-corrected chi connectivity index (χ4v) is 3.94. The first-order valence-corrected chi connectivity index (χ1v) is 8.19. The highest BCUT2D eigenvalue weighted by molar-refractivity contribution is 5.97. The van der Waals surface area contributed by atoms with Crippen LogP contribution in [0.5, 0.6) is 0 Å². The van der Waals surface area contributed by atoms with Gasteiger partial charge in [-0.2, -0.15) is 0 Å². The van der Waals surface area contributed by atoms with Crippen LogP contribution < -0.4 is 5.32 Å². The molecule has 0 saturated heterocycles. The van der Waals surface area contributed by atoms with E-state index in [1.165, 1.54) is 12.7 Å². The second-order valence-corrected chi connectivity index (χ2v) is 6.58. The van der Waals surface area contributed by atoms with Crippen molar-refractivity contribution in [2.45, 2.75) is 58.1 Å². The maximum absolute atomic E-state index is 12.6. The highest BCUT2D eigenvalue weighted by atomic mass is 16.5. The summed E-state index contributed by atoms with van der Waals surface area (Å²) in [6.45, 7) is 4.44. The molecule has 0 aromatic carbocycles. The van der Waals surface area contributed by atoms with E-state index in [-0.39, 0.29) is 35.6 Å². The lowest BCUT2D eigenvalue weighted by atomic mass is 9.51. The minimum absolute atomic E-state index is 0.0796. The molecule has 6 heteroatoms. The third-order valence-electron chi connectivity index (χ3n) is 5.33. The van der Waals surface area contributed by atoms with Gasteiger partial charge in [0.25, 0.3) is 5.91 Å². The van der Waals surface area contributed by atoms with Gasteiger partial charge in [0.15, 0.2) is 0 Å². The van der Waals surface area contributed by atoms with Crippen LogP contribution in [0.15, 0.2) is 10.7 Å². The second-order valence-electron chi connectivity index (χ2n) is 6.58. The number of carboxylic acids is 1. The number of carbonyl (C=O) groups is 2. The number of carbonyl (C=O) groups excluding carboxylic acids is 1. The van der Waals surface area contributed by atoms with Gasteiger partial charge in [-0.1, -0.05) is 6.42 Å². The number of aryl methyl sites for hydroxylation is 1. The summed E-state index contributed by atoms with van der Waals surface area (Å²) in [5.41, 5.74) is 1.11. The lowest BCUT2D eigenvalue weighted by molar-refractivity contribution is -0.169. The number of ether oxygens (including phenoxy) is 1. The number of hydrogen-bond acceptors (Lipinski definition) is 4. The van der Waals surface area contributed by atoms with Gasteiger partial charge in [-0.05, 0) is 33.1 Å². The molecule has 1 spiro atoms. The topological polar surface area (TPSA) is 88.8 Å². The van der Waals surface area contributed by atoms with Crippen LogP contribution in [0, 0.1) is 12.3 Å². The molecule has 2 aliphatic rings. The summed E-state index contributed by atoms with van der Waals surface area (Å²) in [6, 6.07) is 0.104. The third kappa shape index (κ3) is 2.65. The Bertz CT molecular complexity index is 616. The molecule has 0 aliphatic heterocycles. The molecule has 0 radical (unpaired) electrons. The quantitative estimate of drug-likeness (QED) is 0.839. The van der Waals surface area contributed by atoms with Crippen molar-refractivity contribution in [1.29, 1.82) is 0 Å². The van der Waals surface area contributed by atoms with Crippen molar-refractivity contribution in [1.82, 2.24) is 5.32 Å². The van der Waals surface area contributed by atoms with E-state index in [1.54, 1.807) is 6.92 Å². The molecule has 2 saturated carbocycles. The number of furan rings is 1. The standard InChI is InChI=1S/C17H23NO5/c1-3-22-13-8-12(17(13)5-4-6-17)18-16(21)15-10(2)9-23-11(15)7-14(19)20/h9,12-13H,3-8H2,1-2H3,(H,18,21)(H,19,20). The first-order valence-electron chi connectivity index (χ1n) is 8.19. The van der Waals surface area contributed by atoms with E-state index in [4.69, 9.17) is 14.3 Å². The molecule has 2 aliphatic carbocycles. The molecular weight excluding hydrogens is 298 g/mol. The molecular formula is C17H23NO5. The number of hydrogen-bond donors (Lipinski definition) is 2. The largest absolute Gasteiger partial charge is 0.481 e. The van der Waals surface area contributed by atoms with Gasteiger partial charge >= 0.3 is 5.97 Å². The van der Waals surface area contributed by atoms with Crippen LogP contribution in [0.25, 0.3) is 0 Å². The molecule has 2 atom stereocenters. The molecule has 3 rings (SSSR count). The second kappa shape index (κ2) is 6.00. The van der Waals surface area contributed by atoms with E-state index in [0.717, 1.165) is 19.3 Å². The summed E-state index contributed by atoms with van der Waals surface area (Å²) >= 11 is 0. The van der Waals surface area contributed by atoms with Gasteiger partial charge in [0.05, 0.1) is 17.9 Å². The van der Waals surface area contributed by atoms with E-state index in [9.17, 15) is 9.59 Å². The van der Waals surface area contributed by atoms with Gasteiger partial charge in [0.2, 0.25) is 0 Å². The van der Waals surface area contributed by atoms with Gasteiger partial charge in [-0.15, -0.1) is 0 Å². The maximum atomic E-state index is 12.6. The molecule has 126 valence electrons. The number of amides is 1. The van der Waals surface area contributed by atoms with Crippen molar-refractivity contribution in [3.05, 3.63) is 23.2 Å². The van der Waals surface area contributed by atoms with Crippen LogP contribution in [-0.4, -0.2) is 35.7 Å². The molecule has 2 N–H and O–H groups in total. The maximum Gasteiger partial charge on any atom is 0.311 e. The van der Waals surface area contributed by atoms with Crippen molar-refractivity contribution in [2.75, 3.05) is 6.61 Å². The van der Waals surface area contributed by atoms with E-state index in [0.29, 0.717) is 17.7 Å². The molecule has 2 fully saturated rings. The van der Waals surface area contributed by atoms with Crippen LogP contribution in [0.2, 0.25) is 0 Å². The Labute approximate surface area is 135 Å². The monoisotopic (exact) mass is 321 g/mol. The number of carboxylic acid groups (broad SMARTS) is 1. The van der Waals surface area contributed by atoms with Crippen molar-refractivity contribution in [3.63, 3.8) is 0 Å². The predicted octanol–water partition coefficient (Wildman–Crippen LogP) is 2.29. The Balaban J connectivity index is 1.71. The fraction of sp³-hybridized carbons (Fsp3) is 0.647. The highest BCUT2D eigenvalue weighted by Crippen LogP contribution is 2.57. The van der Waals surface area contributed by atoms with Crippen molar-refractivity contribution in [3.8, 4) is 0 Å². The normalized spacial score (nSPS) is 24.8. The summed E-state index contributed by atoms with van der Waals surface area (Å²) < 4.78 is 11.0. The Kier molecular flexibility index (Phi) is 4.19. The van der Waals surface area contributed by atoms with E-state index < -0.39 is 5.97 Å². The van der Waals surface area contributed by atoms with Crippen molar-refractivity contribution >= 4 is 11.9 Å². The Morgan fingerprint density at radius 1 is 1.48 bits per heavy atom. The Morgan fingerprint density at radius 3 is 2.78 bits per heavy atom. The summed E-state index contributed by atoms with van der Waals surface area (Å²) in [6.07, 6.45) is 5.54. The average Bonchev–Trinajstić information content (AvgIpc) is 2.75. The zero-order valence-electron chi connectivity index (χ0n) is 13.6. The smallest absolute Gasteiger partial charge is 0.311 e. The van der Waals surface area contributed by atoms with Gasteiger partial charge in [0, 0.05) is 23.6 Å². The first kappa shape index (κ1) is 16.1. The Hall–Kier alpha value is -1.82. The van der Waals surface area contributed by atoms with Crippen LogP contribution in [0.3, 0.4) is 0 Å². The van der Waals surface area contributed by atoms with Crippen LogP contribution in [0.1, 0.15) is 54.3 Å². The van der Waals surface area contributed by atoms with Crippen molar-refractivity contribution in [2.24, 2.45) is 5.41 Å². The number of nitrogens with one attached hydrogen (secondary N) is 1. The summed E-state index contributed by atoms with van der Waals surface area (Å²) in [5, 5.41) is 12.0. The predicted molar refractivity (Wildman–Crippen MR) is 82.4 cm³/mol. The lowest BCUT2D eigenvalue weighted by Gasteiger charge is -2.61. The molecule has 1 aromatic heterocycles. The molecule has 1 amide bonds. The minimum Gasteiger partial charge on any atom is -0.481 e. The highest BCUT2D eigenvalue weighted by Gasteiger charge is 2.59. The summed E-state index contributed by atoms with van der Waals surface area (Å²) in [7, 11) is 0. The zero-order chi connectivity index (χ0) is 16.6. The summed E-state index contributed by atoms with van der Waals surface area (Å²) in [4.78, 5) is 23.5. The van der Waals surface area contributed by atoms with Crippen LogP contribution in [0.4, 0.5) is 0 Å². The fourth-order valence-electron chi connectivity index (χ4n) is 3.94. The van der Waals surface area contributed by atoms with Crippen molar-refractivity contribution < 1.29 is 23.8 Å². The Morgan fingerprint density at radius 2 is 2.22 bits per heavy atom. The molecule has 2 unspecified atom stereocenters. The van der Waals surface area contributed by atoms with Gasteiger partial charge in [-0.3, -0.25) is 9.59 Å². The molecule has 6 nitrogen and oxygen atoms in total. The van der Waals surface area contributed by atoms with Gasteiger partial charge in [-0.25, -0.2) is 0 Å². The average molecular weight is 321 g/mol. The lowest BCUT2D eigenvalue weighted by Crippen LogP contribution is -2.67. The third-order valence-corrected chi connectivity index (χ3v) is 5.33. The number of rotatable bonds is 6. The molecule has 1 aromatic rings. The summed E-state index contributed by atoms with van der Waals surface area (Å²) in [5.74, 6) is -1.03. The molecule has 1 heterocycles. The number of aliphatic carboxylic acids is 1. The zero-order valence-corrected chi connectivity index (χ0v) is 13.6. The van der Waals surface area contributed by atoms with Gasteiger partial charge < -0.3 is 19.6 Å². The van der Waals surface area contributed by atoms with Gasteiger partial charge in [0.1, 0.15) is 12.2 Å². The van der Waals surface area contributed by atoms with E-state index >= 15 is 0 Å². The minimum atomic E-state index is -1.01. The van der Waals surface area contributed by atoms with E-state index in [2.05, 4.69) is 5.32 Å². The first-order chi connectivity index (χ1) is 11.0. The molecule has 0 bridgehead atoms. The molecule has 23 heavy (non-hydrogen) atoms.